The van der Waals surface area contributed by atoms with Crippen molar-refractivity contribution in [2.75, 3.05) is 25.1 Å². The maximum Gasteiger partial charge on any atom is 0.151 e. The Morgan fingerprint density at radius 3 is 2.62 bits per heavy atom. The molecule has 1 fully saturated rings. The van der Waals surface area contributed by atoms with Gasteiger partial charge >= 0.3 is 0 Å². The molecule has 1 aliphatic heterocycles. The molecule has 4 rings (SSSR count). The normalized spacial score (nSPS) is 16.6. The first-order chi connectivity index (χ1) is 14.2. The van der Waals surface area contributed by atoms with E-state index in [2.05, 4.69) is 57.7 Å². The number of anilines is 1. The van der Waals surface area contributed by atoms with Crippen molar-refractivity contribution in [3.63, 3.8) is 0 Å². The van der Waals surface area contributed by atoms with Crippen molar-refractivity contribution in [3.05, 3.63) is 71.8 Å². The van der Waals surface area contributed by atoms with Crippen LogP contribution in [0.25, 0.3) is 11.3 Å². The highest BCUT2D eigenvalue weighted by molar-refractivity contribution is 5.67. The lowest BCUT2D eigenvalue weighted by atomic mass is 10.0. The number of hydrogen-bond donors (Lipinski definition) is 1. The average molecular weight is 389 g/mol. The second-order valence-electron chi connectivity index (χ2n) is 7.63. The Balaban J connectivity index is 1.39. The minimum absolute atomic E-state index is 0.459. The number of rotatable bonds is 6. The third-order valence-corrected chi connectivity index (χ3v) is 5.49. The topological polar surface area (TPSA) is 50.3 Å². The van der Waals surface area contributed by atoms with Gasteiger partial charge < -0.3 is 15.0 Å². The number of aryl methyl sites for hydroxylation is 1. The molecule has 1 aliphatic rings. The van der Waals surface area contributed by atoms with Gasteiger partial charge in [0.15, 0.2) is 5.82 Å². The molecule has 1 atom stereocenters. The van der Waals surface area contributed by atoms with E-state index >= 15 is 0 Å². The molecule has 0 aliphatic carbocycles. The quantitative estimate of drug-likeness (QED) is 0.685. The van der Waals surface area contributed by atoms with E-state index in [1.807, 2.05) is 30.3 Å². The molecule has 1 unspecified atom stereocenters. The molecule has 1 aromatic heterocycles. The zero-order valence-electron chi connectivity index (χ0n) is 17.1. The Kier molecular flexibility index (Phi) is 6.06. The molecule has 1 N–H and O–H groups in total. The van der Waals surface area contributed by atoms with Crippen molar-refractivity contribution in [1.29, 1.82) is 0 Å². The van der Waals surface area contributed by atoms with E-state index < -0.39 is 0 Å². The van der Waals surface area contributed by atoms with Gasteiger partial charge in [0.25, 0.3) is 0 Å². The predicted molar refractivity (Wildman–Crippen MR) is 117 cm³/mol. The minimum atomic E-state index is 0.459. The first kappa shape index (κ1) is 19.4. The van der Waals surface area contributed by atoms with Crippen LogP contribution in [0.3, 0.4) is 0 Å². The van der Waals surface area contributed by atoms with Gasteiger partial charge in [0.2, 0.25) is 0 Å². The van der Waals surface area contributed by atoms with Crippen LogP contribution in [0.1, 0.15) is 24.0 Å². The van der Waals surface area contributed by atoms with Gasteiger partial charge in [-0.25, -0.2) is 0 Å². The summed E-state index contributed by atoms with van der Waals surface area (Å²) in [7, 11) is 1.68. The highest BCUT2D eigenvalue weighted by Crippen LogP contribution is 2.28. The number of ether oxygens (including phenoxy) is 1. The van der Waals surface area contributed by atoms with Crippen molar-refractivity contribution in [2.45, 2.75) is 32.4 Å². The highest BCUT2D eigenvalue weighted by atomic mass is 16.5. The van der Waals surface area contributed by atoms with Crippen LogP contribution in [-0.4, -0.2) is 36.4 Å². The lowest BCUT2D eigenvalue weighted by Crippen LogP contribution is -2.45. The van der Waals surface area contributed by atoms with Gasteiger partial charge in [0, 0.05) is 31.2 Å². The Morgan fingerprint density at radius 1 is 1.03 bits per heavy atom. The molecule has 0 radical (unpaired) electrons. The molecular weight excluding hydrogens is 360 g/mol. The zero-order valence-corrected chi connectivity index (χ0v) is 17.1. The summed E-state index contributed by atoms with van der Waals surface area (Å²) in [5.74, 6) is 1.75. The molecule has 5 heteroatoms. The summed E-state index contributed by atoms with van der Waals surface area (Å²) in [6, 6.07) is 21.2. The molecule has 29 heavy (non-hydrogen) atoms. The van der Waals surface area contributed by atoms with Gasteiger partial charge in [0.1, 0.15) is 5.75 Å². The number of methoxy groups -OCH3 is 1. The Bertz CT molecular complexity index is 924. The van der Waals surface area contributed by atoms with E-state index in [-0.39, 0.29) is 0 Å². The van der Waals surface area contributed by atoms with Crippen LogP contribution < -0.4 is 15.0 Å². The van der Waals surface area contributed by atoms with Crippen molar-refractivity contribution in [2.24, 2.45) is 0 Å². The molecule has 2 heterocycles. The largest absolute Gasteiger partial charge is 0.496 e. The number of piperidine rings is 1. The summed E-state index contributed by atoms with van der Waals surface area (Å²) in [5, 5.41) is 12.7. The first-order valence-electron chi connectivity index (χ1n) is 10.2. The van der Waals surface area contributed by atoms with E-state index in [1.165, 1.54) is 17.5 Å². The third kappa shape index (κ3) is 4.74. The average Bonchev–Trinajstić information content (AvgIpc) is 2.79. The van der Waals surface area contributed by atoms with Gasteiger partial charge in [0.05, 0.1) is 12.8 Å². The van der Waals surface area contributed by atoms with Crippen LogP contribution in [0, 0.1) is 6.92 Å². The Labute approximate surface area is 172 Å². The van der Waals surface area contributed by atoms with Gasteiger partial charge in [-0.2, -0.15) is 0 Å². The van der Waals surface area contributed by atoms with E-state index in [0.717, 1.165) is 48.9 Å². The Hall–Kier alpha value is -2.92. The number of para-hydroxylation sites is 1. The fraction of sp³-hybridized carbons (Fsp3) is 0.333. The third-order valence-electron chi connectivity index (χ3n) is 5.49. The number of nitrogens with one attached hydrogen (secondary N) is 1. The van der Waals surface area contributed by atoms with Gasteiger partial charge in [-0.3, -0.25) is 0 Å². The maximum absolute atomic E-state index is 5.44. The van der Waals surface area contributed by atoms with Crippen molar-refractivity contribution < 1.29 is 4.74 Å². The molecular formula is C24H28N4O. The lowest BCUT2D eigenvalue weighted by Gasteiger charge is -2.34. The van der Waals surface area contributed by atoms with Crippen LogP contribution in [0.2, 0.25) is 0 Å². The fourth-order valence-corrected chi connectivity index (χ4v) is 3.81. The van der Waals surface area contributed by atoms with Gasteiger partial charge in [-0.05, 0) is 49.6 Å². The number of hydrogen-bond acceptors (Lipinski definition) is 5. The zero-order chi connectivity index (χ0) is 20.1. The lowest BCUT2D eigenvalue weighted by molar-refractivity contribution is 0.416. The van der Waals surface area contributed by atoms with Gasteiger partial charge in [-0.1, -0.05) is 42.0 Å². The van der Waals surface area contributed by atoms with Crippen LogP contribution in [-0.2, 0) is 6.54 Å². The summed E-state index contributed by atoms with van der Waals surface area (Å²) < 4.78 is 5.44. The second kappa shape index (κ2) is 9.05. The standard InChI is InChI=1S/C24H28N4O/c1-18-9-11-19(12-10-18)16-25-20-6-5-15-28(17-20)24-14-13-22(26-27-24)21-7-3-4-8-23(21)29-2/h3-4,7-14,20,25H,5-6,15-17H2,1-2H3. The van der Waals surface area contributed by atoms with Crippen molar-refractivity contribution >= 4 is 5.82 Å². The number of nitrogens with zero attached hydrogens (tertiary/aromatic N) is 3. The summed E-state index contributed by atoms with van der Waals surface area (Å²) in [5.41, 5.74) is 4.42. The van der Waals surface area contributed by atoms with Crippen LogP contribution >= 0.6 is 0 Å². The second-order valence-corrected chi connectivity index (χ2v) is 7.63. The molecule has 2 aromatic carbocycles. The minimum Gasteiger partial charge on any atom is -0.496 e. The molecule has 5 nitrogen and oxygen atoms in total. The maximum atomic E-state index is 5.44. The highest BCUT2D eigenvalue weighted by Gasteiger charge is 2.21. The molecule has 150 valence electrons. The molecule has 3 aromatic rings. The molecule has 0 saturated carbocycles. The summed E-state index contributed by atoms with van der Waals surface area (Å²) in [4.78, 5) is 2.33. The number of aromatic nitrogens is 2. The Morgan fingerprint density at radius 2 is 1.86 bits per heavy atom. The smallest absolute Gasteiger partial charge is 0.151 e. The van der Waals surface area contributed by atoms with Crippen molar-refractivity contribution in [1.82, 2.24) is 15.5 Å². The monoisotopic (exact) mass is 388 g/mol. The van der Waals surface area contributed by atoms with Gasteiger partial charge in [-0.15, -0.1) is 10.2 Å². The summed E-state index contributed by atoms with van der Waals surface area (Å²) in [6.45, 7) is 4.99. The van der Waals surface area contributed by atoms with E-state index in [9.17, 15) is 0 Å². The molecule has 0 spiro atoms. The van der Waals surface area contributed by atoms with E-state index in [0.29, 0.717) is 6.04 Å². The van der Waals surface area contributed by atoms with Crippen LogP contribution in [0.5, 0.6) is 5.75 Å². The number of benzene rings is 2. The summed E-state index contributed by atoms with van der Waals surface area (Å²) in [6.07, 6.45) is 2.34. The van der Waals surface area contributed by atoms with Crippen LogP contribution in [0.4, 0.5) is 5.82 Å². The molecule has 0 amide bonds. The SMILES string of the molecule is COc1ccccc1-c1ccc(N2CCCC(NCc3ccc(C)cc3)C2)nn1. The van der Waals surface area contributed by atoms with Crippen LogP contribution in [0.15, 0.2) is 60.7 Å². The fourth-order valence-electron chi connectivity index (χ4n) is 3.81. The molecule has 0 bridgehead atoms. The summed E-state index contributed by atoms with van der Waals surface area (Å²) >= 11 is 0. The van der Waals surface area contributed by atoms with E-state index in [1.54, 1.807) is 7.11 Å². The predicted octanol–water partition coefficient (Wildman–Crippen LogP) is 4.22. The van der Waals surface area contributed by atoms with Crippen molar-refractivity contribution in [3.8, 4) is 17.0 Å². The molecule has 1 saturated heterocycles. The first-order valence-corrected chi connectivity index (χ1v) is 10.2. The van der Waals surface area contributed by atoms with E-state index in [4.69, 9.17) is 4.74 Å².